The van der Waals surface area contributed by atoms with Crippen LogP contribution in [0.15, 0.2) is 45.6 Å². The number of imide groups is 1. The minimum Gasteiger partial charge on any atom is -0.408 e. The topological polar surface area (TPSA) is 136 Å². The Balaban J connectivity index is 1.32. The average molecular weight is 577 g/mol. The molecule has 2 N–H and O–H groups in total. The number of rotatable bonds is 4. The number of benzene rings is 2. The molecule has 1 unspecified atom stereocenters. The summed E-state index contributed by atoms with van der Waals surface area (Å²) in [4.78, 5) is 69.8. The molecule has 216 valence electrons. The molecule has 2 fully saturated rings. The zero-order valence-electron chi connectivity index (χ0n) is 21.7. The molecule has 0 bridgehead atoms. The molecule has 0 aliphatic carbocycles. The molecular weight excluding hydrogens is 554 g/mol. The van der Waals surface area contributed by atoms with Crippen LogP contribution < -0.4 is 16.0 Å². The Bertz CT molecular complexity index is 1640. The van der Waals surface area contributed by atoms with Crippen LogP contribution in [0.25, 0.3) is 11.1 Å². The number of urea groups is 1. The summed E-state index contributed by atoms with van der Waals surface area (Å²) in [7, 11) is 1.34. The number of alkyl halides is 3. The third-order valence-electron chi connectivity index (χ3n) is 7.43. The molecule has 1 aromatic heterocycles. The average Bonchev–Trinajstić information content (AvgIpc) is 3.38. The van der Waals surface area contributed by atoms with Crippen LogP contribution in [0.4, 0.5) is 28.0 Å². The van der Waals surface area contributed by atoms with E-state index in [-0.39, 0.29) is 31.5 Å². The normalized spacial score (nSPS) is 18.0. The molecule has 2 aliphatic rings. The van der Waals surface area contributed by atoms with E-state index in [0.29, 0.717) is 29.4 Å². The zero-order chi connectivity index (χ0) is 29.9. The largest absolute Gasteiger partial charge is 0.417 e. The number of fused-ring (bicyclic) bond motifs is 1. The van der Waals surface area contributed by atoms with Crippen molar-refractivity contribution in [1.82, 2.24) is 20.1 Å². The van der Waals surface area contributed by atoms with Crippen LogP contribution in [-0.4, -0.2) is 70.3 Å². The molecule has 5 amide bonds. The van der Waals surface area contributed by atoms with Gasteiger partial charge in [0, 0.05) is 26.2 Å². The predicted octanol–water partition coefficient (Wildman–Crippen LogP) is 2.86. The van der Waals surface area contributed by atoms with Crippen LogP contribution in [0.3, 0.4) is 0 Å². The number of carbonyl (C=O) groups is 4. The van der Waals surface area contributed by atoms with Gasteiger partial charge in [0.1, 0.15) is 17.4 Å². The quantitative estimate of drug-likeness (QED) is 0.362. The van der Waals surface area contributed by atoms with E-state index in [9.17, 15) is 41.5 Å². The van der Waals surface area contributed by atoms with Crippen molar-refractivity contribution in [2.24, 2.45) is 0 Å². The maximum absolute atomic E-state index is 14.1. The van der Waals surface area contributed by atoms with Crippen LogP contribution in [0.5, 0.6) is 0 Å². The van der Waals surface area contributed by atoms with Gasteiger partial charge in [-0.3, -0.25) is 29.2 Å². The van der Waals surface area contributed by atoms with Gasteiger partial charge in [-0.15, -0.1) is 0 Å². The van der Waals surface area contributed by atoms with Crippen LogP contribution >= 0.6 is 0 Å². The lowest BCUT2D eigenvalue weighted by atomic mass is 9.85. The molecule has 3 aromatic rings. The molecule has 15 heteroatoms. The molecule has 2 saturated heterocycles. The number of nitrogens with zero attached hydrogens (tertiary/aromatic N) is 3. The summed E-state index contributed by atoms with van der Waals surface area (Å²) in [5, 5.41) is 2.23. The molecule has 0 saturated carbocycles. The Kier molecular flexibility index (Phi) is 6.62. The second-order valence-corrected chi connectivity index (χ2v) is 9.92. The highest BCUT2D eigenvalue weighted by Crippen LogP contribution is 2.41. The summed E-state index contributed by atoms with van der Waals surface area (Å²) < 4.78 is 58.3. The smallest absolute Gasteiger partial charge is 0.408 e. The number of aromatic amines is 1. The first-order valence-electron chi connectivity index (χ1n) is 12.4. The lowest BCUT2D eigenvalue weighted by Crippen LogP contribution is -2.59. The number of carbonyl (C=O) groups excluding carboxylic acids is 4. The number of nitrogens with one attached hydrogen (secondary N) is 2. The van der Waals surface area contributed by atoms with E-state index in [4.69, 9.17) is 4.42 Å². The van der Waals surface area contributed by atoms with Gasteiger partial charge >= 0.3 is 18.0 Å². The number of oxazole rings is 1. The van der Waals surface area contributed by atoms with Gasteiger partial charge in [0.25, 0.3) is 11.8 Å². The van der Waals surface area contributed by atoms with Gasteiger partial charge in [0.2, 0.25) is 5.91 Å². The van der Waals surface area contributed by atoms with E-state index in [0.717, 1.165) is 4.90 Å². The first kappa shape index (κ1) is 27.9. The number of aromatic nitrogens is 1. The highest BCUT2D eigenvalue weighted by atomic mass is 19.4. The molecule has 1 atom stereocenters. The summed E-state index contributed by atoms with van der Waals surface area (Å²) in [6.07, 6.45) is -4.73. The predicted molar refractivity (Wildman–Crippen MR) is 134 cm³/mol. The summed E-state index contributed by atoms with van der Waals surface area (Å²) >= 11 is 0. The number of hydrogen-bond donors (Lipinski definition) is 2. The van der Waals surface area contributed by atoms with Gasteiger partial charge in [0.05, 0.1) is 22.3 Å². The van der Waals surface area contributed by atoms with Crippen molar-refractivity contribution >= 4 is 40.5 Å². The standard InChI is InChI=1S/C26H23F4N5O6/c1-13(31-20(36)16-11-14(26(28,29)30)3-5-17(16)27)21(37)34-9-7-25(8-10-34)22(38)33(2)24(40)35(25)15-4-6-18-19(12-15)41-23(39)32-18/h3-6,11-13H,7-10H2,1-2H3,(H,31,36)(H,32,39). The molecule has 3 heterocycles. The van der Waals surface area contributed by atoms with Crippen molar-refractivity contribution in [3.8, 4) is 0 Å². The Labute approximate surface area is 228 Å². The van der Waals surface area contributed by atoms with Crippen LogP contribution in [0.2, 0.25) is 0 Å². The molecule has 2 aliphatic heterocycles. The van der Waals surface area contributed by atoms with Crippen molar-refractivity contribution in [2.75, 3.05) is 25.0 Å². The number of halogens is 4. The van der Waals surface area contributed by atoms with Crippen molar-refractivity contribution in [2.45, 2.75) is 37.5 Å². The molecule has 0 radical (unpaired) electrons. The summed E-state index contributed by atoms with van der Waals surface area (Å²) in [5.41, 5.74) is -2.51. The summed E-state index contributed by atoms with van der Waals surface area (Å²) in [6, 6.07) is 4.12. The van der Waals surface area contributed by atoms with E-state index < -0.39 is 64.2 Å². The Hall–Kier alpha value is -4.69. The van der Waals surface area contributed by atoms with Gasteiger partial charge in [-0.1, -0.05) is 0 Å². The number of hydrogen-bond acceptors (Lipinski definition) is 6. The zero-order valence-corrected chi connectivity index (χ0v) is 21.7. The molecule has 1 spiro atoms. The minimum atomic E-state index is -4.80. The molecule has 41 heavy (non-hydrogen) atoms. The van der Waals surface area contributed by atoms with Gasteiger partial charge in [0.15, 0.2) is 5.58 Å². The Morgan fingerprint density at radius 3 is 2.41 bits per heavy atom. The third kappa shape index (κ3) is 4.70. The lowest BCUT2D eigenvalue weighted by Gasteiger charge is -2.42. The van der Waals surface area contributed by atoms with Crippen LogP contribution in [-0.2, 0) is 15.8 Å². The third-order valence-corrected chi connectivity index (χ3v) is 7.43. The lowest BCUT2D eigenvalue weighted by molar-refractivity contribution is -0.138. The van der Waals surface area contributed by atoms with E-state index in [1.807, 2.05) is 0 Å². The van der Waals surface area contributed by atoms with E-state index in [1.165, 1.54) is 35.9 Å². The van der Waals surface area contributed by atoms with E-state index >= 15 is 0 Å². The van der Waals surface area contributed by atoms with Gasteiger partial charge in [-0.05, 0) is 50.1 Å². The first-order chi connectivity index (χ1) is 19.2. The SMILES string of the molecule is CC(NC(=O)c1cc(C(F)(F)F)ccc1F)C(=O)N1CCC2(CC1)C(=O)N(C)C(=O)N2c1ccc2[nH]c(=O)oc2c1. The van der Waals surface area contributed by atoms with Crippen molar-refractivity contribution in [3.05, 3.63) is 63.9 Å². The molecular formula is C26H23F4N5O6. The fraction of sp³-hybridized carbons (Fsp3) is 0.346. The summed E-state index contributed by atoms with van der Waals surface area (Å²) in [5.74, 6) is -4.14. The maximum atomic E-state index is 14.1. The minimum absolute atomic E-state index is 0.00179. The van der Waals surface area contributed by atoms with Gasteiger partial charge in [-0.25, -0.2) is 14.0 Å². The highest BCUT2D eigenvalue weighted by molar-refractivity contribution is 6.17. The van der Waals surface area contributed by atoms with Gasteiger partial charge in [-0.2, -0.15) is 13.2 Å². The number of amides is 5. The first-order valence-corrected chi connectivity index (χ1v) is 12.4. The number of anilines is 1. The number of piperidine rings is 1. The van der Waals surface area contributed by atoms with E-state index in [2.05, 4.69) is 10.3 Å². The second kappa shape index (κ2) is 9.74. The highest BCUT2D eigenvalue weighted by Gasteiger charge is 2.58. The maximum Gasteiger partial charge on any atom is 0.417 e. The number of likely N-dealkylation sites (N-methyl/N-ethyl adjacent to an activating group) is 1. The summed E-state index contributed by atoms with van der Waals surface area (Å²) in [6.45, 7) is 1.31. The monoisotopic (exact) mass is 577 g/mol. The Morgan fingerprint density at radius 1 is 1.07 bits per heavy atom. The fourth-order valence-electron chi connectivity index (χ4n) is 5.28. The van der Waals surface area contributed by atoms with E-state index in [1.54, 1.807) is 6.07 Å². The molecule has 5 rings (SSSR count). The number of H-pyrrole nitrogens is 1. The van der Waals surface area contributed by atoms with Crippen molar-refractivity contribution in [3.63, 3.8) is 0 Å². The second-order valence-electron chi connectivity index (χ2n) is 9.92. The van der Waals surface area contributed by atoms with Crippen LogP contribution in [0.1, 0.15) is 35.7 Å². The number of likely N-dealkylation sites (tertiary alicyclic amines) is 1. The van der Waals surface area contributed by atoms with Crippen molar-refractivity contribution < 1.29 is 41.2 Å². The van der Waals surface area contributed by atoms with Gasteiger partial charge < -0.3 is 14.6 Å². The molecule has 2 aromatic carbocycles. The molecule has 11 nitrogen and oxygen atoms in total. The fourth-order valence-corrected chi connectivity index (χ4v) is 5.28. The Morgan fingerprint density at radius 2 is 1.76 bits per heavy atom. The van der Waals surface area contributed by atoms with Crippen molar-refractivity contribution in [1.29, 1.82) is 0 Å². The van der Waals surface area contributed by atoms with Crippen LogP contribution in [0, 0.1) is 5.82 Å².